The second-order valence-electron chi connectivity index (χ2n) is 5.80. The Morgan fingerprint density at radius 3 is 2.80 bits per heavy atom. The first kappa shape index (κ1) is 17.8. The van der Waals surface area contributed by atoms with Crippen molar-refractivity contribution in [2.45, 2.75) is 6.54 Å². The highest BCUT2D eigenvalue weighted by Gasteiger charge is 2.10. The molecule has 3 rings (SSSR count). The summed E-state index contributed by atoms with van der Waals surface area (Å²) >= 11 is 1.66. The molecule has 2 N–H and O–H groups in total. The Morgan fingerprint density at radius 1 is 1.24 bits per heavy atom. The summed E-state index contributed by atoms with van der Waals surface area (Å²) in [5.74, 6) is 0.810. The molecule has 0 unspecified atom stereocenters. The van der Waals surface area contributed by atoms with Gasteiger partial charge in [0, 0.05) is 44.2 Å². The van der Waals surface area contributed by atoms with Gasteiger partial charge < -0.3 is 15.4 Å². The van der Waals surface area contributed by atoms with Crippen LogP contribution in [0.4, 0.5) is 0 Å². The number of guanidine groups is 1. The van der Waals surface area contributed by atoms with Gasteiger partial charge in [-0.2, -0.15) is 0 Å². The summed E-state index contributed by atoms with van der Waals surface area (Å²) in [6.07, 6.45) is 0. The number of morpholine rings is 1. The van der Waals surface area contributed by atoms with E-state index in [4.69, 9.17) is 9.72 Å². The molecule has 1 aliphatic heterocycles. The maximum atomic E-state index is 5.37. The SMILES string of the molecule is CN=C(NCCN1CCOCC1)NCc1nc(-c2ccccc2)cs1. The van der Waals surface area contributed by atoms with Crippen LogP contribution in [0.25, 0.3) is 11.3 Å². The van der Waals surface area contributed by atoms with Crippen LogP contribution in [-0.2, 0) is 11.3 Å². The number of nitrogens with zero attached hydrogens (tertiary/aromatic N) is 3. The summed E-state index contributed by atoms with van der Waals surface area (Å²) in [6, 6.07) is 10.3. The highest BCUT2D eigenvalue weighted by Crippen LogP contribution is 2.21. The fourth-order valence-electron chi connectivity index (χ4n) is 2.67. The van der Waals surface area contributed by atoms with Crippen LogP contribution in [0.2, 0.25) is 0 Å². The third-order valence-electron chi connectivity index (χ3n) is 4.08. The highest BCUT2D eigenvalue weighted by molar-refractivity contribution is 7.09. The van der Waals surface area contributed by atoms with E-state index in [0.717, 1.165) is 61.6 Å². The molecule has 0 bridgehead atoms. The average Bonchev–Trinajstić information content (AvgIpc) is 3.15. The minimum Gasteiger partial charge on any atom is -0.379 e. The molecule has 25 heavy (non-hydrogen) atoms. The summed E-state index contributed by atoms with van der Waals surface area (Å²) in [6.45, 7) is 6.23. The fraction of sp³-hybridized carbons (Fsp3) is 0.444. The number of aliphatic imine (C=N–C) groups is 1. The Kier molecular flexibility index (Phi) is 6.79. The minimum absolute atomic E-state index is 0.675. The van der Waals surface area contributed by atoms with Crippen molar-refractivity contribution in [2.75, 3.05) is 46.4 Å². The Bertz CT molecular complexity index is 667. The third-order valence-corrected chi connectivity index (χ3v) is 4.92. The number of ether oxygens (including phenoxy) is 1. The zero-order valence-electron chi connectivity index (χ0n) is 14.6. The van der Waals surface area contributed by atoms with Gasteiger partial charge in [-0.1, -0.05) is 30.3 Å². The van der Waals surface area contributed by atoms with Crippen LogP contribution >= 0.6 is 11.3 Å². The Hall–Kier alpha value is -1.96. The highest BCUT2D eigenvalue weighted by atomic mass is 32.1. The molecule has 1 aromatic carbocycles. The summed E-state index contributed by atoms with van der Waals surface area (Å²) in [4.78, 5) is 11.4. The molecule has 6 nitrogen and oxygen atoms in total. The van der Waals surface area contributed by atoms with Crippen LogP contribution in [0.1, 0.15) is 5.01 Å². The van der Waals surface area contributed by atoms with E-state index in [-0.39, 0.29) is 0 Å². The van der Waals surface area contributed by atoms with Gasteiger partial charge in [0.1, 0.15) is 5.01 Å². The van der Waals surface area contributed by atoms with Crippen molar-refractivity contribution in [1.82, 2.24) is 20.5 Å². The van der Waals surface area contributed by atoms with Gasteiger partial charge in [-0.25, -0.2) is 4.98 Å². The first-order chi connectivity index (χ1) is 12.3. The number of rotatable bonds is 6. The predicted octanol–water partition coefficient (Wildman–Crippen LogP) is 1.81. The molecule has 0 aliphatic carbocycles. The van der Waals surface area contributed by atoms with Gasteiger partial charge in [0.25, 0.3) is 0 Å². The van der Waals surface area contributed by atoms with E-state index in [1.54, 1.807) is 18.4 Å². The van der Waals surface area contributed by atoms with Gasteiger partial charge in [0.15, 0.2) is 5.96 Å². The molecule has 0 amide bonds. The molecule has 2 heterocycles. The molecule has 1 aliphatic rings. The third kappa shape index (κ3) is 5.52. The number of nitrogens with one attached hydrogen (secondary N) is 2. The summed E-state index contributed by atoms with van der Waals surface area (Å²) in [5.41, 5.74) is 2.18. The normalized spacial score (nSPS) is 16.0. The van der Waals surface area contributed by atoms with Crippen molar-refractivity contribution >= 4 is 17.3 Å². The Labute approximate surface area is 152 Å². The summed E-state index contributed by atoms with van der Waals surface area (Å²) in [5, 5.41) is 9.84. The van der Waals surface area contributed by atoms with Crippen LogP contribution in [0.5, 0.6) is 0 Å². The number of hydrogen-bond acceptors (Lipinski definition) is 5. The maximum Gasteiger partial charge on any atom is 0.191 e. The van der Waals surface area contributed by atoms with Crippen molar-refractivity contribution in [3.8, 4) is 11.3 Å². The topological polar surface area (TPSA) is 61.8 Å². The molecule has 2 aromatic rings. The Morgan fingerprint density at radius 2 is 2.04 bits per heavy atom. The van der Waals surface area contributed by atoms with E-state index in [1.807, 2.05) is 18.2 Å². The van der Waals surface area contributed by atoms with Crippen LogP contribution in [0.3, 0.4) is 0 Å². The molecule has 1 fully saturated rings. The van der Waals surface area contributed by atoms with Crippen LogP contribution in [0.15, 0.2) is 40.7 Å². The van der Waals surface area contributed by atoms with Crippen molar-refractivity contribution in [1.29, 1.82) is 0 Å². The van der Waals surface area contributed by atoms with Gasteiger partial charge in [0.05, 0.1) is 25.5 Å². The Balaban J connectivity index is 1.43. The van der Waals surface area contributed by atoms with Gasteiger partial charge >= 0.3 is 0 Å². The van der Waals surface area contributed by atoms with E-state index in [1.165, 1.54) is 0 Å². The van der Waals surface area contributed by atoms with E-state index < -0.39 is 0 Å². The van der Waals surface area contributed by atoms with Crippen LogP contribution < -0.4 is 10.6 Å². The lowest BCUT2D eigenvalue weighted by Crippen LogP contribution is -2.44. The van der Waals surface area contributed by atoms with E-state index in [9.17, 15) is 0 Å². The average molecular weight is 359 g/mol. The molecule has 1 aromatic heterocycles. The van der Waals surface area contributed by atoms with Crippen molar-refractivity contribution < 1.29 is 4.74 Å². The second-order valence-corrected chi connectivity index (χ2v) is 6.74. The number of aromatic nitrogens is 1. The standard InChI is InChI=1S/C18H25N5OS/c1-19-18(20-7-8-23-9-11-24-12-10-23)21-13-17-22-16(14-25-17)15-5-3-2-4-6-15/h2-6,14H,7-13H2,1H3,(H2,19,20,21). The van der Waals surface area contributed by atoms with E-state index in [2.05, 4.69) is 38.0 Å². The lowest BCUT2D eigenvalue weighted by molar-refractivity contribution is 0.0389. The van der Waals surface area contributed by atoms with Gasteiger partial charge in [-0.15, -0.1) is 11.3 Å². The molecular formula is C18H25N5OS. The van der Waals surface area contributed by atoms with Gasteiger partial charge in [0.2, 0.25) is 0 Å². The van der Waals surface area contributed by atoms with Crippen molar-refractivity contribution in [3.63, 3.8) is 0 Å². The molecule has 7 heteroatoms. The van der Waals surface area contributed by atoms with Crippen LogP contribution in [-0.4, -0.2) is 62.3 Å². The molecule has 1 saturated heterocycles. The van der Waals surface area contributed by atoms with Crippen LogP contribution in [0, 0.1) is 0 Å². The van der Waals surface area contributed by atoms with E-state index >= 15 is 0 Å². The van der Waals surface area contributed by atoms with Gasteiger partial charge in [-0.05, 0) is 0 Å². The molecule has 134 valence electrons. The van der Waals surface area contributed by atoms with Crippen molar-refractivity contribution in [3.05, 3.63) is 40.7 Å². The lowest BCUT2D eigenvalue weighted by Gasteiger charge is -2.26. The number of hydrogen-bond donors (Lipinski definition) is 2. The molecular weight excluding hydrogens is 334 g/mol. The first-order valence-electron chi connectivity index (χ1n) is 8.59. The lowest BCUT2D eigenvalue weighted by atomic mass is 10.2. The fourth-order valence-corrected chi connectivity index (χ4v) is 3.41. The first-order valence-corrected chi connectivity index (χ1v) is 9.47. The number of benzene rings is 1. The molecule has 0 atom stereocenters. The number of thiazole rings is 1. The van der Waals surface area contributed by atoms with Crippen molar-refractivity contribution in [2.24, 2.45) is 4.99 Å². The monoisotopic (exact) mass is 359 g/mol. The minimum atomic E-state index is 0.675. The second kappa shape index (κ2) is 9.50. The zero-order chi connectivity index (χ0) is 17.3. The molecule has 0 spiro atoms. The molecule has 0 saturated carbocycles. The maximum absolute atomic E-state index is 5.37. The summed E-state index contributed by atoms with van der Waals surface area (Å²) < 4.78 is 5.37. The molecule has 0 radical (unpaired) electrons. The summed E-state index contributed by atoms with van der Waals surface area (Å²) in [7, 11) is 1.79. The quantitative estimate of drug-likeness (QED) is 0.608. The smallest absolute Gasteiger partial charge is 0.191 e. The van der Waals surface area contributed by atoms with E-state index in [0.29, 0.717) is 6.54 Å². The predicted molar refractivity (Wildman–Crippen MR) is 103 cm³/mol. The zero-order valence-corrected chi connectivity index (χ0v) is 15.4. The van der Waals surface area contributed by atoms with Gasteiger partial charge in [-0.3, -0.25) is 9.89 Å². The largest absolute Gasteiger partial charge is 0.379 e.